The lowest BCUT2D eigenvalue weighted by Gasteiger charge is -2.42. The Labute approximate surface area is 495 Å². The van der Waals surface area contributed by atoms with Gasteiger partial charge in [0.05, 0.1) is 37.7 Å². The molecule has 456 valence electrons. The fourth-order valence-corrected chi connectivity index (χ4v) is 13.1. The molecule has 2 aliphatic carbocycles. The average Bonchev–Trinajstić information content (AvgIpc) is 1.92. The van der Waals surface area contributed by atoms with Crippen LogP contribution in [0, 0.1) is 41.9 Å². The Hall–Kier alpha value is -5.94. The van der Waals surface area contributed by atoms with E-state index >= 15 is 0 Å². The van der Waals surface area contributed by atoms with Crippen LogP contribution in [0.4, 0.5) is 15.3 Å². The molecule has 2 saturated heterocycles. The maximum absolute atomic E-state index is 14.5. The van der Waals surface area contributed by atoms with Gasteiger partial charge < -0.3 is 53.4 Å². The molecule has 23 heteroatoms. The summed E-state index contributed by atoms with van der Waals surface area (Å²) in [7, 11) is 6.04. The van der Waals surface area contributed by atoms with Gasteiger partial charge in [0, 0.05) is 70.6 Å². The maximum atomic E-state index is 14.5. The van der Waals surface area contributed by atoms with E-state index in [0.717, 1.165) is 11.1 Å². The smallest absolute Gasteiger partial charge is 0.495 e. The Balaban J connectivity index is 0.888. The van der Waals surface area contributed by atoms with Crippen LogP contribution in [0.25, 0.3) is 0 Å². The Bertz CT molecular complexity index is 2710. The number of allylic oxidation sites excluding steroid dienone is 1. The average molecular weight is 1200 g/mol. The molecule has 2 aromatic carbocycles. The Morgan fingerprint density at radius 1 is 0.976 bits per heavy atom. The number of halogens is 1. The summed E-state index contributed by atoms with van der Waals surface area (Å²) in [5.41, 5.74) is -0.313. The van der Waals surface area contributed by atoms with Crippen molar-refractivity contribution in [3.05, 3.63) is 64.7 Å². The van der Waals surface area contributed by atoms with E-state index in [1.165, 1.54) is 54.7 Å². The van der Waals surface area contributed by atoms with Gasteiger partial charge in [-0.25, -0.2) is 14.4 Å². The van der Waals surface area contributed by atoms with Crippen molar-refractivity contribution in [2.45, 2.75) is 141 Å². The molecule has 4 fully saturated rings. The van der Waals surface area contributed by atoms with Gasteiger partial charge in [-0.15, -0.1) is 11.8 Å². The quantitative estimate of drug-likeness (QED) is 0.0314. The van der Waals surface area contributed by atoms with Gasteiger partial charge in [-0.05, 0) is 112 Å². The van der Waals surface area contributed by atoms with E-state index in [1.54, 1.807) is 25.3 Å². The normalized spacial score (nSPS) is 29.1. The van der Waals surface area contributed by atoms with E-state index in [-0.39, 0.29) is 117 Å². The number of nitrogens with one attached hydrogen (secondary N) is 2. The molecule has 0 radical (unpaired) electrons. The molecule has 6 amide bonds. The van der Waals surface area contributed by atoms with Crippen molar-refractivity contribution in [3.8, 4) is 11.5 Å². The van der Waals surface area contributed by atoms with Gasteiger partial charge >= 0.3 is 18.2 Å². The molecule has 0 spiro atoms. The zero-order chi connectivity index (χ0) is 60.3. The largest absolute Gasteiger partial charge is 0.513 e. The lowest BCUT2D eigenvalue weighted by molar-refractivity contribution is -0.163. The van der Waals surface area contributed by atoms with Crippen LogP contribution in [0.1, 0.15) is 103 Å². The molecule has 4 bridgehead atoms. The minimum Gasteiger partial charge on any atom is -0.495 e. The summed E-state index contributed by atoms with van der Waals surface area (Å²) >= 11 is 8.09. The fourth-order valence-electron chi connectivity index (χ4n) is 11.7. The van der Waals surface area contributed by atoms with Crippen molar-refractivity contribution in [1.82, 2.24) is 20.4 Å². The topological polar surface area (TPSA) is 255 Å². The second kappa shape index (κ2) is 28.8. The predicted octanol–water partition coefficient (Wildman–Crippen LogP) is 7.18. The number of alkyl carbamates (subject to hydrolysis) is 1. The van der Waals surface area contributed by atoms with Crippen molar-refractivity contribution < 1.29 is 76.6 Å². The number of methoxy groups -OCH3 is 2. The lowest BCUT2D eigenvalue weighted by atomic mass is 9.81. The van der Waals surface area contributed by atoms with Crippen molar-refractivity contribution in [2.24, 2.45) is 35.0 Å². The molecule has 3 aliphatic heterocycles. The summed E-state index contributed by atoms with van der Waals surface area (Å²) in [4.78, 5) is 111. The number of hydrogen-bond acceptors (Lipinski definition) is 17. The van der Waals surface area contributed by atoms with Crippen molar-refractivity contribution >= 4 is 76.8 Å². The highest BCUT2D eigenvalue weighted by Crippen LogP contribution is 2.61. The van der Waals surface area contributed by atoms with Crippen molar-refractivity contribution in [1.29, 1.82) is 0 Å². The number of amides is 6. The van der Waals surface area contributed by atoms with E-state index in [2.05, 4.69) is 17.6 Å². The molecular weight excluding hydrogens is 1110 g/mol. The lowest BCUT2D eigenvalue weighted by Crippen LogP contribution is -2.63. The number of fused-ring (bicyclic) bond motifs is 5. The van der Waals surface area contributed by atoms with Gasteiger partial charge in [-0.2, -0.15) is 0 Å². The van der Waals surface area contributed by atoms with E-state index in [4.69, 9.17) is 44.8 Å². The molecule has 3 N–H and O–H groups in total. The summed E-state index contributed by atoms with van der Waals surface area (Å²) in [5, 5.41) is 17.0. The highest BCUT2D eigenvalue weighted by molar-refractivity contribution is 8.00. The third-order valence-corrected chi connectivity index (χ3v) is 18.8. The first-order valence-corrected chi connectivity index (χ1v) is 30.1. The Morgan fingerprint density at radius 2 is 1.70 bits per heavy atom. The number of carbonyl (C=O) groups excluding carboxylic acids is 8. The van der Waals surface area contributed by atoms with Crippen LogP contribution in [-0.2, 0) is 58.9 Å². The standard InChI is InChI=1S/C60H82ClN5O16S/c1-35-13-19-42(20-14-35)80-58(74)79-25-24-78-23-22-62-54(70)41-17-15-39(16-18-41)34-66-52(69)30-47(55(66)71)83-26-21-50(67)64(6)38(4)56(72)82-49-31-51(68)65(7)44-28-40(29-45(76-8)53(44)61)27-36(2)11-10-12-48(77-9)60(75)33-46(81-57(73)63-60)37(3)43-32-59(43,49)5/h10,12-14,19-20,28-29,36-39,41,43,46-49,75H,11,15-18,21-27,30-34H2,1-9H3,(H,62,70)(H,63,73)/b12-10+/t36?,37-,38-,39-,41-,43-,46-,47-,48+,49-,59+,60-/m0/s1. The minimum atomic E-state index is -1.80. The summed E-state index contributed by atoms with van der Waals surface area (Å²) in [5.74, 6) is -1.94. The third-order valence-electron chi connectivity index (χ3n) is 17.2. The monoisotopic (exact) mass is 1200 g/mol. The first-order valence-electron chi connectivity index (χ1n) is 28.7. The van der Waals surface area contributed by atoms with Gasteiger partial charge in [-0.1, -0.05) is 62.2 Å². The Kier molecular flexibility index (Phi) is 22.4. The SMILES string of the molecule is COc1cc2cc(c1Cl)N(C)C(=O)C[C@H](OC(=O)[C@H](C)N(C)C(=O)CCS[C@H]1CC(=O)N(C[C@H]3CC[C@H](C(=O)NCCOCCOC(=O)Oc4ccc(C)cc4)CC3)C1=O)[C@]1(C)C[C@H]1[C@H](C)[C@@H]1C[C@@](O)(NC(=O)O1)[C@H](OC)/C=C/CC(C)C2. The summed E-state index contributed by atoms with van der Waals surface area (Å²) < 4.78 is 39.1. The third kappa shape index (κ3) is 16.5. The number of likely N-dealkylation sites (tertiary alicyclic amines) is 1. The predicted molar refractivity (Wildman–Crippen MR) is 309 cm³/mol. The van der Waals surface area contributed by atoms with Gasteiger partial charge in [0.1, 0.15) is 47.5 Å². The number of ether oxygens (including phenoxy) is 7. The number of anilines is 1. The Morgan fingerprint density at radius 3 is 2.40 bits per heavy atom. The number of rotatable bonds is 19. The van der Waals surface area contributed by atoms with Gasteiger partial charge in [-0.3, -0.25) is 34.2 Å². The number of carbonyl (C=O) groups is 8. The minimum absolute atomic E-state index is 0.00371. The molecule has 10 atom stereocenters. The summed E-state index contributed by atoms with van der Waals surface area (Å²) in [6.45, 7) is 10.2. The zero-order valence-electron chi connectivity index (χ0n) is 49.1. The number of benzene rings is 2. The molecule has 0 aromatic heterocycles. The van der Waals surface area contributed by atoms with Crippen LogP contribution in [0.3, 0.4) is 0 Å². The molecule has 1 unspecified atom stereocenters. The van der Waals surface area contributed by atoms with Gasteiger partial charge in [0.25, 0.3) is 0 Å². The van der Waals surface area contributed by atoms with Crippen LogP contribution in [-0.4, -0.2) is 165 Å². The number of aryl methyl sites for hydroxylation is 1. The molecule has 5 aliphatic rings. The van der Waals surface area contributed by atoms with Crippen molar-refractivity contribution in [2.75, 3.05) is 71.9 Å². The van der Waals surface area contributed by atoms with Crippen LogP contribution >= 0.6 is 23.4 Å². The zero-order valence-corrected chi connectivity index (χ0v) is 50.7. The number of nitrogens with zero attached hydrogens (tertiary/aromatic N) is 3. The van der Waals surface area contributed by atoms with Crippen LogP contribution in [0.15, 0.2) is 48.6 Å². The number of hydrogen-bond donors (Lipinski definition) is 3. The maximum Gasteiger partial charge on any atom is 0.513 e. The second-order valence-electron chi connectivity index (χ2n) is 23.2. The van der Waals surface area contributed by atoms with Crippen LogP contribution in [0.2, 0.25) is 5.02 Å². The summed E-state index contributed by atoms with van der Waals surface area (Å²) in [6.07, 6.45) is 3.22. The number of likely N-dealkylation sites (N-methyl/N-ethyl adjacent to an activating group) is 1. The first-order chi connectivity index (χ1) is 39.4. The van der Waals surface area contributed by atoms with Gasteiger partial charge in [0.15, 0.2) is 5.72 Å². The van der Waals surface area contributed by atoms with E-state index in [1.807, 2.05) is 51.1 Å². The molecule has 7 rings (SSSR count). The van der Waals surface area contributed by atoms with Gasteiger partial charge in [0.2, 0.25) is 29.5 Å². The number of aliphatic hydroxyl groups is 1. The molecular formula is C60H82ClN5O16S. The highest BCUT2D eigenvalue weighted by atomic mass is 35.5. The fraction of sp³-hybridized carbons (Fsp3) is 0.633. The van der Waals surface area contributed by atoms with Crippen LogP contribution in [0.5, 0.6) is 11.5 Å². The summed E-state index contributed by atoms with van der Waals surface area (Å²) in [6, 6.07) is 9.56. The van der Waals surface area contributed by atoms with Crippen molar-refractivity contribution in [3.63, 3.8) is 0 Å². The number of esters is 1. The number of imide groups is 1. The van der Waals surface area contributed by atoms with E-state index in [9.17, 15) is 43.5 Å². The number of thioether (sulfide) groups is 1. The molecule has 3 heterocycles. The first kappa shape index (κ1) is 64.6. The molecule has 2 saturated carbocycles. The van der Waals surface area contributed by atoms with E-state index < -0.39 is 70.8 Å². The molecule has 21 nitrogen and oxygen atoms in total. The molecule has 2 aromatic rings. The van der Waals surface area contributed by atoms with Crippen LogP contribution < -0.4 is 25.0 Å². The van der Waals surface area contributed by atoms with E-state index in [0.29, 0.717) is 62.1 Å². The molecule has 83 heavy (non-hydrogen) atoms. The second-order valence-corrected chi connectivity index (χ2v) is 24.9. The highest BCUT2D eigenvalue weighted by Gasteiger charge is 2.62.